The van der Waals surface area contributed by atoms with Gasteiger partial charge in [0.25, 0.3) is 0 Å². The van der Waals surface area contributed by atoms with Crippen molar-refractivity contribution in [3.05, 3.63) is 59.7 Å². The molecule has 0 fully saturated rings. The third-order valence-corrected chi connectivity index (χ3v) is 3.81. The van der Waals surface area contributed by atoms with Gasteiger partial charge in [-0.25, -0.2) is 0 Å². The highest BCUT2D eigenvalue weighted by Crippen LogP contribution is 2.49. The summed E-state index contributed by atoms with van der Waals surface area (Å²) in [5, 5.41) is 2.95. The number of rotatable bonds is 0. The zero-order valence-corrected chi connectivity index (χ0v) is 10.9. The summed E-state index contributed by atoms with van der Waals surface area (Å²) in [4.78, 5) is 12.4. The van der Waals surface area contributed by atoms with Crippen molar-refractivity contribution in [3.8, 4) is 5.75 Å². The second kappa shape index (κ2) is 4.00. The SMILES string of the molecule is Cl.O=C1Nc2ccccc2C12COc1ccccc12. The maximum atomic E-state index is 12.4. The highest BCUT2D eigenvalue weighted by atomic mass is 35.5. The molecule has 2 aliphatic rings. The molecular formula is C15H12ClNO2. The van der Waals surface area contributed by atoms with Gasteiger partial charge in [0.1, 0.15) is 17.8 Å². The maximum absolute atomic E-state index is 12.4. The van der Waals surface area contributed by atoms with Crippen molar-refractivity contribution < 1.29 is 9.53 Å². The standard InChI is InChI=1S/C15H11NO2.ClH/c17-14-15(10-5-1-3-7-12(10)16-14)9-18-13-8-4-2-6-11(13)15;/h1-8H,9H2,(H,16,17);1H. The minimum Gasteiger partial charge on any atom is -0.491 e. The number of fused-ring (bicyclic) bond motifs is 4. The normalized spacial score (nSPS) is 22.2. The first-order valence-electron chi connectivity index (χ1n) is 5.96. The molecule has 0 radical (unpaired) electrons. The van der Waals surface area contributed by atoms with Gasteiger partial charge in [0.15, 0.2) is 0 Å². The lowest BCUT2D eigenvalue weighted by Gasteiger charge is -2.19. The minimum atomic E-state index is -0.660. The van der Waals surface area contributed by atoms with Crippen molar-refractivity contribution in [1.29, 1.82) is 0 Å². The topological polar surface area (TPSA) is 38.3 Å². The van der Waals surface area contributed by atoms with E-state index in [0.717, 1.165) is 22.6 Å². The Balaban J connectivity index is 0.00000110. The number of ether oxygens (including phenoxy) is 1. The summed E-state index contributed by atoms with van der Waals surface area (Å²) < 4.78 is 5.70. The van der Waals surface area contributed by atoms with Crippen LogP contribution in [-0.4, -0.2) is 12.5 Å². The van der Waals surface area contributed by atoms with Crippen molar-refractivity contribution in [2.24, 2.45) is 0 Å². The summed E-state index contributed by atoms with van der Waals surface area (Å²) in [5.74, 6) is 0.818. The van der Waals surface area contributed by atoms with Crippen LogP contribution >= 0.6 is 12.4 Å². The van der Waals surface area contributed by atoms with E-state index in [9.17, 15) is 4.79 Å². The van der Waals surface area contributed by atoms with Gasteiger partial charge < -0.3 is 10.1 Å². The van der Waals surface area contributed by atoms with E-state index >= 15 is 0 Å². The maximum Gasteiger partial charge on any atom is 0.243 e. The van der Waals surface area contributed by atoms with Crippen molar-refractivity contribution in [2.45, 2.75) is 5.41 Å². The molecule has 0 saturated carbocycles. The van der Waals surface area contributed by atoms with E-state index in [0.29, 0.717) is 6.61 Å². The molecule has 2 aromatic rings. The van der Waals surface area contributed by atoms with Crippen LogP contribution in [0.1, 0.15) is 11.1 Å². The Labute approximate surface area is 117 Å². The smallest absolute Gasteiger partial charge is 0.243 e. The Bertz CT molecular complexity index is 658. The summed E-state index contributed by atoms with van der Waals surface area (Å²) in [7, 11) is 0. The molecule has 1 unspecified atom stereocenters. The number of para-hydroxylation sites is 2. The zero-order chi connectivity index (χ0) is 12.2. The predicted octanol–water partition coefficient (Wildman–Crippen LogP) is 2.74. The highest BCUT2D eigenvalue weighted by Gasteiger charge is 2.53. The van der Waals surface area contributed by atoms with Crippen LogP contribution in [0.15, 0.2) is 48.5 Å². The van der Waals surface area contributed by atoms with Gasteiger partial charge in [-0.2, -0.15) is 0 Å². The minimum absolute atomic E-state index is 0. The lowest BCUT2D eigenvalue weighted by molar-refractivity contribution is -0.119. The molecule has 19 heavy (non-hydrogen) atoms. The van der Waals surface area contributed by atoms with Gasteiger partial charge in [-0.15, -0.1) is 12.4 Å². The monoisotopic (exact) mass is 273 g/mol. The number of amides is 1. The van der Waals surface area contributed by atoms with Crippen LogP contribution in [-0.2, 0) is 10.2 Å². The Hall–Kier alpha value is -2.00. The molecule has 96 valence electrons. The number of nitrogens with one attached hydrogen (secondary N) is 1. The second-order valence-electron chi connectivity index (χ2n) is 4.69. The quantitative estimate of drug-likeness (QED) is 0.801. The van der Waals surface area contributed by atoms with Crippen LogP contribution in [0.2, 0.25) is 0 Å². The van der Waals surface area contributed by atoms with E-state index in [-0.39, 0.29) is 18.3 Å². The molecule has 1 spiro atoms. The van der Waals surface area contributed by atoms with Crippen LogP contribution in [0.3, 0.4) is 0 Å². The second-order valence-corrected chi connectivity index (χ2v) is 4.69. The molecule has 2 aromatic carbocycles. The van der Waals surface area contributed by atoms with E-state index in [1.165, 1.54) is 0 Å². The van der Waals surface area contributed by atoms with Gasteiger partial charge in [-0.05, 0) is 17.7 Å². The fraction of sp³-hybridized carbons (Fsp3) is 0.133. The molecule has 0 aromatic heterocycles. The van der Waals surface area contributed by atoms with E-state index in [1.807, 2.05) is 48.5 Å². The summed E-state index contributed by atoms with van der Waals surface area (Å²) in [6, 6.07) is 15.6. The third-order valence-electron chi connectivity index (χ3n) is 3.81. The number of carbonyl (C=O) groups excluding carboxylic acids is 1. The first-order valence-corrected chi connectivity index (χ1v) is 5.96. The van der Waals surface area contributed by atoms with Crippen LogP contribution in [0.5, 0.6) is 5.75 Å². The molecule has 4 rings (SSSR count). The Kier molecular flexibility index (Phi) is 2.54. The molecule has 0 bridgehead atoms. The van der Waals surface area contributed by atoms with E-state index < -0.39 is 5.41 Å². The average Bonchev–Trinajstić information content (AvgIpc) is 2.92. The van der Waals surface area contributed by atoms with Gasteiger partial charge in [-0.3, -0.25) is 4.79 Å². The number of anilines is 1. The molecule has 4 heteroatoms. The van der Waals surface area contributed by atoms with E-state index in [2.05, 4.69) is 5.32 Å². The number of benzene rings is 2. The average molecular weight is 274 g/mol. The molecule has 2 heterocycles. The van der Waals surface area contributed by atoms with Gasteiger partial charge in [0, 0.05) is 11.3 Å². The zero-order valence-electron chi connectivity index (χ0n) is 10.1. The molecule has 0 aliphatic carbocycles. The molecular weight excluding hydrogens is 262 g/mol. The van der Waals surface area contributed by atoms with Gasteiger partial charge in [0.05, 0.1) is 0 Å². The lowest BCUT2D eigenvalue weighted by atomic mass is 9.77. The largest absolute Gasteiger partial charge is 0.491 e. The molecule has 3 nitrogen and oxygen atoms in total. The van der Waals surface area contributed by atoms with Crippen LogP contribution < -0.4 is 10.1 Å². The lowest BCUT2D eigenvalue weighted by Crippen LogP contribution is -2.37. The van der Waals surface area contributed by atoms with E-state index in [4.69, 9.17) is 4.74 Å². The van der Waals surface area contributed by atoms with Crippen molar-refractivity contribution in [1.82, 2.24) is 0 Å². The molecule has 0 saturated heterocycles. The summed E-state index contributed by atoms with van der Waals surface area (Å²) in [6.45, 7) is 0.384. The molecule has 1 amide bonds. The van der Waals surface area contributed by atoms with Gasteiger partial charge >= 0.3 is 0 Å². The number of hydrogen-bond donors (Lipinski definition) is 1. The van der Waals surface area contributed by atoms with Crippen molar-refractivity contribution in [3.63, 3.8) is 0 Å². The Morgan fingerprint density at radius 3 is 2.53 bits per heavy atom. The summed E-state index contributed by atoms with van der Waals surface area (Å²) >= 11 is 0. The van der Waals surface area contributed by atoms with Crippen molar-refractivity contribution in [2.75, 3.05) is 11.9 Å². The van der Waals surface area contributed by atoms with Crippen LogP contribution in [0.25, 0.3) is 0 Å². The fourth-order valence-corrected chi connectivity index (χ4v) is 2.94. The predicted molar refractivity (Wildman–Crippen MR) is 75.0 cm³/mol. The molecule has 1 atom stereocenters. The first kappa shape index (κ1) is 12.1. The first-order chi connectivity index (χ1) is 8.82. The fourth-order valence-electron chi connectivity index (χ4n) is 2.94. The molecule has 2 aliphatic heterocycles. The Morgan fingerprint density at radius 2 is 1.68 bits per heavy atom. The Morgan fingerprint density at radius 1 is 1.00 bits per heavy atom. The number of hydrogen-bond acceptors (Lipinski definition) is 2. The third kappa shape index (κ3) is 1.36. The van der Waals surface area contributed by atoms with Gasteiger partial charge in [-0.1, -0.05) is 36.4 Å². The van der Waals surface area contributed by atoms with E-state index in [1.54, 1.807) is 0 Å². The van der Waals surface area contributed by atoms with Crippen LogP contribution in [0.4, 0.5) is 5.69 Å². The summed E-state index contributed by atoms with van der Waals surface area (Å²) in [6.07, 6.45) is 0. The van der Waals surface area contributed by atoms with Crippen molar-refractivity contribution >= 4 is 24.0 Å². The summed E-state index contributed by atoms with van der Waals surface area (Å²) in [5.41, 5.74) is 2.21. The highest BCUT2D eigenvalue weighted by molar-refractivity contribution is 6.09. The molecule has 1 N–H and O–H groups in total. The van der Waals surface area contributed by atoms with Gasteiger partial charge in [0.2, 0.25) is 5.91 Å². The van der Waals surface area contributed by atoms with Crippen LogP contribution in [0, 0.1) is 0 Å². The number of halogens is 1. The number of carbonyl (C=O) groups is 1.